The van der Waals surface area contributed by atoms with Crippen molar-refractivity contribution in [1.82, 2.24) is 0 Å². The lowest BCUT2D eigenvalue weighted by Crippen LogP contribution is -2.30. The van der Waals surface area contributed by atoms with E-state index in [0.717, 1.165) is 75.5 Å². The first kappa shape index (κ1) is 66.4. The van der Waals surface area contributed by atoms with Crippen LogP contribution in [0.2, 0.25) is 0 Å². The van der Waals surface area contributed by atoms with Gasteiger partial charge in [0.1, 0.15) is 13.2 Å². The summed E-state index contributed by atoms with van der Waals surface area (Å²) in [7, 11) is 0. The third-order valence-corrected chi connectivity index (χ3v) is 14.1. The molecule has 0 aliphatic heterocycles. The number of carbonyl (C=O) groups is 3. The molecule has 0 saturated carbocycles. The molecular formula is C62H120O6. The number of unbranched alkanes of at least 4 members (excludes halogenated alkanes) is 38. The standard InChI is InChI=1S/C62H120O6/c1-56(2)48-42-36-30-24-18-14-10-7-8-12-16-20-27-33-39-45-51-60(63)66-54-59(68-62(65)53-47-41-35-29-23-22-26-32-38-44-50-58(5)6)55-67-61(64)52-46-40-34-28-21-17-13-9-11-15-19-25-31-37-43-49-57(3)4/h56-59H,7-55H2,1-6H3/t59-/m1/s1. The fourth-order valence-corrected chi connectivity index (χ4v) is 9.53. The molecule has 0 aliphatic rings. The Balaban J connectivity index is 4.26. The second kappa shape index (κ2) is 53.2. The summed E-state index contributed by atoms with van der Waals surface area (Å²) in [5.74, 6) is 1.68. The fraction of sp³-hybridized carbons (Fsp3) is 0.952. The first-order valence-electron chi connectivity index (χ1n) is 30.6. The van der Waals surface area contributed by atoms with Crippen LogP contribution in [-0.4, -0.2) is 37.2 Å². The van der Waals surface area contributed by atoms with Crippen molar-refractivity contribution in [2.75, 3.05) is 13.2 Å². The van der Waals surface area contributed by atoms with Crippen LogP contribution in [0.15, 0.2) is 0 Å². The van der Waals surface area contributed by atoms with Crippen molar-refractivity contribution >= 4 is 17.9 Å². The molecule has 0 bridgehead atoms. The molecule has 0 spiro atoms. The highest BCUT2D eigenvalue weighted by Crippen LogP contribution is 2.19. The molecule has 0 aromatic carbocycles. The Kier molecular flexibility index (Phi) is 52.0. The molecule has 0 amide bonds. The van der Waals surface area contributed by atoms with E-state index in [0.29, 0.717) is 19.3 Å². The third-order valence-electron chi connectivity index (χ3n) is 14.1. The first-order chi connectivity index (χ1) is 33.1. The monoisotopic (exact) mass is 961 g/mol. The van der Waals surface area contributed by atoms with Crippen LogP contribution >= 0.6 is 0 Å². The van der Waals surface area contributed by atoms with Crippen molar-refractivity contribution in [2.45, 2.75) is 349 Å². The SMILES string of the molecule is CC(C)CCCCCCCCCCCCCCCCCCC(=O)OC[C@H](COC(=O)CCCCCCCCCCCCCCCCCC(C)C)OC(=O)CCCCCCCCCCCCC(C)C. The molecule has 0 fully saturated rings. The fourth-order valence-electron chi connectivity index (χ4n) is 9.53. The Hall–Kier alpha value is -1.59. The van der Waals surface area contributed by atoms with Gasteiger partial charge in [0.15, 0.2) is 6.10 Å². The maximum absolute atomic E-state index is 12.9. The highest BCUT2D eigenvalue weighted by atomic mass is 16.6. The maximum Gasteiger partial charge on any atom is 0.306 e. The minimum atomic E-state index is -0.764. The van der Waals surface area contributed by atoms with E-state index < -0.39 is 6.10 Å². The van der Waals surface area contributed by atoms with Crippen molar-refractivity contribution in [3.63, 3.8) is 0 Å². The Bertz CT molecular complexity index is 1050. The van der Waals surface area contributed by atoms with E-state index in [9.17, 15) is 14.4 Å². The molecule has 0 unspecified atom stereocenters. The largest absolute Gasteiger partial charge is 0.462 e. The van der Waals surface area contributed by atoms with Crippen LogP contribution in [0.3, 0.4) is 0 Å². The average molecular weight is 962 g/mol. The van der Waals surface area contributed by atoms with Gasteiger partial charge < -0.3 is 14.2 Å². The zero-order chi connectivity index (χ0) is 49.8. The molecule has 0 heterocycles. The maximum atomic E-state index is 12.9. The Morgan fingerprint density at radius 1 is 0.250 bits per heavy atom. The Morgan fingerprint density at radius 3 is 0.632 bits per heavy atom. The summed E-state index contributed by atoms with van der Waals surface area (Å²) in [6.07, 6.45) is 56.7. The second-order valence-corrected chi connectivity index (χ2v) is 22.8. The molecule has 6 heteroatoms. The molecular weight excluding hydrogens is 841 g/mol. The minimum absolute atomic E-state index is 0.0632. The predicted octanol–water partition coefficient (Wildman–Crippen LogP) is 20.3. The van der Waals surface area contributed by atoms with E-state index >= 15 is 0 Å². The van der Waals surface area contributed by atoms with Gasteiger partial charge in [0.2, 0.25) is 0 Å². The van der Waals surface area contributed by atoms with Crippen molar-refractivity contribution in [3.05, 3.63) is 0 Å². The molecule has 0 rings (SSSR count). The highest BCUT2D eigenvalue weighted by Gasteiger charge is 2.19. The quantitative estimate of drug-likeness (QED) is 0.0343. The van der Waals surface area contributed by atoms with Crippen LogP contribution < -0.4 is 0 Å². The summed E-state index contributed by atoms with van der Waals surface area (Å²) in [6, 6.07) is 0. The molecule has 68 heavy (non-hydrogen) atoms. The summed E-state index contributed by atoms with van der Waals surface area (Å²) < 4.78 is 16.9. The van der Waals surface area contributed by atoms with Gasteiger partial charge in [-0.3, -0.25) is 14.4 Å². The molecule has 0 aliphatic carbocycles. The van der Waals surface area contributed by atoms with E-state index in [-0.39, 0.29) is 31.1 Å². The number of rotatable bonds is 55. The Morgan fingerprint density at radius 2 is 0.426 bits per heavy atom. The van der Waals surface area contributed by atoms with E-state index in [1.54, 1.807) is 0 Å². The van der Waals surface area contributed by atoms with Crippen molar-refractivity contribution in [1.29, 1.82) is 0 Å². The molecule has 0 N–H and O–H groups in total. The molecule has 1 atom stereocenters. The topological polar surface area (TPSA) is 78.9 Å². The van der Waals surface area contributed by atoms with E-state index in [2.05, 4.69) is 41.5 Å². The van der Waals surface area contributed by atoms with Crippen LogP contribution in [0.4, 0.5) is 0 Å². The summed E-state index contributed by atoms with van der Waals surface area (Å²) in [5.41, 5.74) is 0. The van der Waals surface area contributed by atoms with Crippen LogP contribution in [-0.2, 0) is 28.6 Å². The van der Waals surface area contributed by atoms with Crippen molar-refractivity contribution < 1.29 is 28.6 Å². The first-order valence-corrected chi connectivity index (χ1v) is 30.6. The van der Waals surface area contributed by atoms with Gasteiger partial charge >= 0.3 is 17.9 Å². The van der Waals surface area contributed by atoms with Gasteiger partial charge in [-0.25, -0.2) is 0 Å². The van der Waals surface area contributed by atoms with E-state index in [1.165, 1.54) is 225 Å². The second-order valence-electron chi connectivity index (χ2n) is 22.8. The number of esters is 3. The molecule has 0 aromatic rings. The van der Waals surface area contributed by atoms with Gasteiger partial charge in [0.05, 0.1) is 0 Å². The zero-order valence-electron chi connectivity index (χ0n) is 46.9. The van der Waals surface area contributed by atoms with Gasteiger partial charge in [-0.05, 0) is 37.0 Å². The summed E-state index contributed by atoms with van der Waals surface area (Å²) >= 11 is 0. The molecule has 0 radical (unpaired) electrons. The normalized spacial score (nSPS) is 12.1. The van der Waals surface area contributed by atoms with Gasteiger partial charge in [0.25, 0.3) is 0 Å². The lowest BCUT2D eigenvalue weighted by molar-refractivity contribution is -0.167. The van der Waals surface area contributed by atoms with Crippen molar-refractivity contribution in [3.8, 4) is 0 Å². The van der Waals surface area contributed by atoms with E-state index in [1.807, 2.05) is 0 Å². The van der Waals surface area contributed by atoms with E-state index in [4.69, 9.17) is 14.2 Å². The average Bonchev–Trinajstić information content (AvgIpc) is 3.30. The molecule has 0 saturated heterocycles. The van der Waals surface area contributed by atoms with Crippen LogP contribution in [0.5, 0.6) is 0 Å². The van der Waals surface area contributed by atoms with Crippen molar-refractivity contribution in [2.24, 2.45) is 17.8 Å². The number of hydrogen-bond donors (Lipinski definition) is 0. The number of hydrogen-bond acceptors (Lipinski definition) is 6. The van der Waals surface area contributed by atoms with Crippen LogP contribution in [0.25, 0.3) is 0 Å². The molecule has 0 aromatic heterocycles. The number of carbonyl (C=O) groups excluding carboxylic acids is 3. The Labute approximate surface area is 425 Å². The van der Waals surface area contributed by atoms with Crippen LogP contribution in [0, 0.1) is 17.8 Å². The van der Waals surface area contributed by atoms with Gasteiger partial charge in [-0.15, -0.1) is 0 Å². The minimum Gasteiger partial charge on any atom is -0.462 e. The smallest absolute Gasteiger partial charge is 0.306 e. The van der Waals surface area contributed by atoms with Gasteiger partial charge in [0, 0.05) is 19.3 Å². The lowest BCUT2D eigenvalue weighted by atomic mass is 10.0. The molecule has 6 nitrogen and oxygen atoms in total. The molecule has 404 valence electrons. The highest BCUT2D eigenvalue weighted by molar-refractivity contribution is 5.71. The zero-order valence-corrected chi connectivity index (χ0v) is 46.9. The third kappa shape index (κ3) is 55.3. The number of ether oxygens (including phenoxy) is 3. The van der Waals surface area contributed by atoms with Crippen LogP contribution in [0.1, 0.15) is 343 Å². The summed E-state index contributed by atoms with van der Waals surface area (Å²) in [6.45, 7) is 13.8. The summed E-state index contributed by atoms with van der Waals surface area (Å²) in [5, 5.41) is 0. The predicted molar refractivity (Wildman–Crippen MR) is 293 cm³/mol. The van der Waals surface area contributed by atoms with Gasteiger partial charge in [-0.2, -0.15) is 0 Å². The van der Waals surface area contributed by atoms with Gasteiger partial charge in [-0.1, -0.05) is 305 Å². The lowest BCUT2D eigenvalue weighted by Gasteiger charge is -2.18. The summed E-state index contributed by atoms with van der Waals surface area (Å²) in [4.78, 5) is 38.2.